The Morgan fingerprint density at radius 1 is 0.348 bits per heavy atom. The van der Waals surface area contributed by atoms with E-state index in [2.05, 4.69) is 115 Å². The second-order valence-electron chi connectivity index (χ2n) is 11.7. The predicted octanol–water partition coefficient (Wildman–Crippen LogP) is 10.6. The van der Waals surface area contributed by atoms with Gasteiger partial charge in [-0.15, -0.1) is 0 Å². The minimum atomic E-state index is -0.0872. The maximum Gasteiger partial charge on any atom is 0.338 e. The first-order valence-electron chi connectivity index (χ1n) is 15.6. The Morgan fingerprint density at radius 2 is 0.783 bits per heavy atom. The Hall–Kier alpha value is -6.19. The number of benzene rings is 8. The summed E-state index contributed by atoms with van der Waals surface area (Å²) in [6.45, 7) is 0. The van der Waals surface area contributed by atoms with Crippen molar-refractivity contribution in [1.82, 2.24) is 9.13 Å². The van der Waals surface area contributed by atoms with Crippen LogP contribution in [0.25, 0.3) is 77.0 Å². The van der Waals surface area contributed by atoms with E-state index in [1.165, 1.54) is 49.0 Å². The second kappa shape index (κ2) is 10.5. The van der Waals surface area contributed by atoms with Crippen LogP contribution in [0.15, 0.2) is 175 Å². The van der Waals surface area contributed by atoms with E-state index in [4.69, 9.17) is 0 Å². The summed E-state index contributed by atoms with van der Waals surface area (Å²) in [5.74, 6) is 0. The van der Waals surface area contributed by atoms with Crippen molar-refractivity contribution in [1.29, 1.82) is 0 Å². The van der Waals surface area contributed by atoms with E-state index in [0.29, 0.717) is 0 Å². The van der Waals surface area contributed by atoms with Gasteiger partial charge in [-0.05, 0) is 97.0 Å². The summed E-state index contributed by atoms with van der Waals surface area (Å²) in [5, 5.41) is 7.32. The van der Waals surface area contributed by atoms with Gasteiger partial charge >= 0.3 is 5.69 Å². The molecule has 0 fully saturated rings. The van der Waals surface area contributed by atoms with Gasteiger partial charge in [0, 0.05) is 0 Å². The van der Waals surface area contributed by atoms with Crippen LogP contribution in [0, 0.1) is 0 Å². The molecule has 0 saturated heterocycles. The van der Waals surface area contributed by atoms with Crippen LogP contribution in [0.5, 0.6) is 0 Å². The third kappa shape index (κ3) is 4.03. The van der Waals surface area contributed by atoms with Gasteiger partial charge in [0.1, 0.15) is 0 Å². The smallest absolute Gasteiger partial charge is 0.260 e. The van der Waals surface area contributed by atoms with Crippen molar-refractivity contribution in [3.63, 3.8) is 0 Å². The van der Waals surface area contributed by atoms with Gasteiger partial charge in [-0.1, -0.05) is 127 Å². The molecule has 0 amide bonds. The van der Waals surface area contributed by atoms with Crippen molar-refractivity contribution < 1.29 is 0 Å². The molecule has 1 aromatic heterocycles. The Labute approximate surface area is 265 Å². The van der Waals surface area contributed by atoms with Gasteiger partial charge in [-0.25, -0.2) is 4.79 Å². The van der Waals surface area contributed by atoms with Crippen LogP contribution in [-0.4, -0.2) is 9.13 Å². The first kappa shape index (κ1) is 26.2. The molecule has 0 spiro atoms. The van der Waals surface area contributed by atoms with Crippen molar-refractivity contribution in [3.05, 3.63) is 180 Å². The van der Waals surface area contributed by atoms with E-state index in [9.17, 15) is 4.79 Å². The highest BCUT2D eigenvalue weighted by Gasteiger charge is 2.18. The van der Waals surface area contributed by atoms with E-state index >= 15 is 0 Å². The number of rotatable bonds is 4. The number of aromatic nitrogens is 2. The minimum Gasteiger partial charge on any atom is -0.260 e. The Morgan fingerprint density at radius 3 is 1.37 bits per heavy atom. The minimum absolute atomic E-state index is 0.0872. The normalized spacial score (nSPS) is 11.6. The molecule has 0 bridgehead atoms. The molecule has 0 aliphatic heterocycles. The summed E-state index contributed by atoms with van der Waals surface area (Å²) in [5.41, 5.74) is 8.12. The number of nitrogens with zero attached hydrogens (tertiary/aromatic N) is 2. The summed E-state index contributed by atoms with van der Waals surface area (Å²) in [6.07, 6.45) is 0. The molecule has 3 nitrogen and oxygen atoms in total. The Kier molecular flexibility index (Phi) is 5.97. The molecule has 0 aliphatic carbocycles. The Balaban J connectivity index is 1.25. The van der Waals surface area contributed by atoms with Crippen molar-refractivity contribution in [2.24, 2.45) is 0 Å². The Bertz CT molecular complexity index is 2590. The fraction of sp³-hybridized carbons (Fsp3) is 0. The molecule has 216 valence electrons. The molecule has 3 heteroatoms. The second-order valence-corrected chi connectivity index (χ2v) is 11.7. The van der Waals surface area contributed by atoms with Crippen molar-refractivity contribution in [2.75, 3.05) is 0 Å². The summed E-state index contributed by atoms with van der Waals surface area (Å²) in [6, 6.07) is 59.0. The van der Waals surface area contributed by atoms with E-state index < -0.39 is 0 Å². The maximum absolute atomic E-state index is 14.0. The number of para-hydroxylation sites is 3. The summed E-state index contributed by atoms with van der Waals surface area (Å²) in [7, 11) is 0. The van der Waals surface area contributed by atoms with E-state index in [1.54, 1.807) is 4.57 Å². The monoisotopic (exact) mass is 588 g/mol. The van der Waals surface area contributed by atoms with E-state index in [1.807, 2.05) is 59.2 Å². The molecule has 0 N–H and O–H groups in total. The van der Waals surface area contributed by atoms with Crippen LogP contribution < -0.4 is 5.69 Å². The lowest BCUT2D eigenvalue weighted by atomic mass is 9.85. The average Bonchev–Trinajstić information content (AvgIpc) is 3.42. The molecule has 0 aliphatic rings. The molecule has 9 rings (SSSR count). The zero-order valence-electron chi connectivity index (χ0n) is 25.0. The van der Waals surface area contributed by atoms with Gasteiger partial charge in [-0.3, -0.25) is 9.13 Å². The van der Waals surface area contributed by atoms with Crippen LogP contribution >= 0.6 is 0 Å². The predicted molar refractivity (Wildman–Crippen MR) is 192 cm³/mol. The molecule has 9 aromatic rings. The highest BCUT2D eigenvalue weighted by Crippen LogP contribution is 2.44. The molecule has 0 saturated carbocycles. The van der Waals surface area contributed by atoms with Gasteiger partial charge < -0.3 is 0 Å². The van der Waals surface area contributed by atoms with Crippen LogP contribution in [0.4, 0.5) is 0 Å². The zero-order valence-corrected chi connectivity index (χ0v) is 25.0. The highest BCUT2D eigenvalue weighted by molar-refractivity contribution is 6.21. The fourth-order valence-corrected chi connectivity index (χ4v) is 7.10. The highest BCUT2D eigenvalue weighted by atomic mass is 16.1. The standard InChI is InChI=1S/C43H28N2O/c46-43-44(33-14-2-1-3-15-33)39-20-10-11-21-40(39)45(43)34-26-24-30(25-27-34)41-35-16-6-8-18-37(35)42(38-19-9-7-17-36(38)41)32-23-22-29-12-4-5-13-31(29)28-32/h1-28H. The van der Waals surface area contributed by atoms with Gasteiger partial charge in [0.15, 0.2) is 0 Å². The molecule has 1 heterocycles. The van der Waals surface area contributed by atoms with Gasteiger partial charge in [0.25, 0.3) is 0 Å². The van der Waals surface area contributed by atoms with Gasteiger partial charge in [0.05, 0.1) is 22.4 Å². The average molecular weight is 589 g/mol. The maximum atomic E-state index is 14.0. The molecule has 46 heavy (non-hydrogen) atoms. The van der Waals surface area contributed by atoms with Crippen LogP contribution in [0.3, 0.4) is 0 Å². The number of imidazole rings is 1. The first-order valence-corrected chi connectivity index (χ1v) is 15.6. The number of hydrogen-bond donors (Lipinski definition) is 0. The molecule has 0 atom stereocenters. The summed E-state index contributed by atoms with van der Waals surface area (Å²) in [4.78, 5) is 14.0. The fourth-order valence-electron chi connectivity index (χ4n) is 7.10. The number of fused-ring (bicyclic) bond motifs is 4. The van der Waals surface area contributed by atoms with Crippen LogP contribution in [0.2, 0.25) is 0 Å². The van der Waals surface area contributed by atoms with E-state index in [-0.39, 0.29) is 5.69 Å². The lowest BCUT2D eigenvalue weighted by molar-refractivity contribution is 0.931. The third-order valence-electron chi connectivity index (χ3n) is 9.14. The summed E-state index contributed by atoms with van der Waals surface area (Å²) < 4.78 is 3.60. The lowest BCUT2D eigenvalue weighted by Gasteiger charge is -2.18. The molecular weight excluding hydrogens is 560 g/mol. The van der Waals surface area contributed by atoms with Crippen LogP contribution in [-0.2, 0) is 0 Å². The number of hydrogen-bond acceptors (Lipinski definition) is 1. The molecular formula is C43H28N2O. The summed E-state index contributed by atoms with van der Waals surface area (Å²) >= 11 is 0. The van der Waals surface area contributed by atoms with E-state index in [0.717, 1.165) is 28.0 Å². The molecule has 0 unspecified atom stereocenters. The van der Waals surface area contributed by atoms with Gasteiger partial charge in [-0.2, -0.15) is 0 Å². The lowest BCUT2D eigenvalue weighted by Crippen LogP contribution is -2.22. The zero-order chi connectivity index (χ0) is 30.6. The quantitative estimate of drug-likeness (QED) is 0.188. The third-order valence-corrected chi connectivity index (χ3v) is 9.14. The molecule has 8 aromatic carbocycles. The van der Waals surface area contributed by atoms with Gasteiger partial charge in [0.2, 0.25) is 0 Å². The van der Waals surface area contributed by atoms with Crippen molar-refractivity contribution in [3.8, 4) is 33.6 Å². The van der Waals surface area contributed by atoms with Crippen LogP contribution in [0.1, 0.15) is 0 Å². The van der Waals surface area contributed by atoms with Crippen molar-refractivity contribution >= 4 is 43.4 Å². The first-order chi connectivity index (χ1) is 22.8. The largest absolute Gasteiger partial charge is 0.338 e. The topological polar surface area (TPSA) is 26.9 Å². The SMILES string of the molecule is O=c1n(-c2ccccc2)c2ccccc2n1-c1ccc(-c2c3ccccc3c(-c3ccc4ccccc4c3)c3ccccc23)cc1. The molecule has 0 radical (unpaired) electrons. The van der Waals surface area contributed by atoms with Crippen molar-refractivity contribution in [2.45, 2.75) is 0 Å².